The molecule has 13 heteroatoms. The molecule has 0 aliphatic heterocycles. The van der Waals surface area contributed by atoms with Crippen molar-refractivity contribution >= 4 is 36.5 Å². The number of aliphatic hydroxyl groups excluding tert-OH is 1. The number of fused-ring (bicyclic) bond motifs is 1. The van der Waals surface area contributed by atoms with E-state index < -0.39 is 23.9 Å². The lowest BCUT2D eigenvalue weighted by atomic mass is 10.5. The van der Waals surface area contributed by atoms with Crippen molar-refractivity contribution in [3.05, 3.63) is 16.7 Å². The Hall–Kier alpha value is -1.59. The number of aromatic amines is 1. The minimum absolute atomic E-state index is 0.0395. The van der Waals surface area contributed by atoms with Crippen LogP contribution in [-0.4, -0.2) is 58.5 Å². The third-order valence-electron chi connectivity index (χ3n) is 2.48. The van der Waals surface area contributed by atoms with Gasteiger partial charge in [0.1, 0.15) is 12.9 Å². The van der Waals surface area contributed by atoms with Gasteiger partial charge in [0.2, 0.25) is 11.6 Å². The number of aromatic nitrogens is 4. The van der Waals surface area contributed by atoms with Gasteiger partial charge in [-0.1, -0.05) is 0 Å². The molecule has 11 nitrogen and oxygen atoms in total. The summed E-state index contributed by atoms with van der Waals surface area (Å²) in [6.45, 7) is -0.408. The van der Waals surface area contributed by atoms with Gasteiger partial charge >= 0.3 is 7.60 Å². The van der Waals surface area contributed by atoms with E-state index in [0.717, 1.165) is 16.5 Å². The van der Waals surface area contributed by atoms with Gasteiger partial charge in [0.25, 0.3) is 5.56 Å². The standard InChI is InChI=1S/C9H14N5O6PS/c10-9-12-7-6(8(16)13-9)11-3-14(7)20-2-5(1-15)22-4-21(17,18)19/h3,5,15H,1-2,4H2,(H2,17,18,19)(H3,10,12,13,16)/t5-/m0/s1. The Labute approximate surface area is 127 Å². The third kappa shape index (κ3) is 4.21. The van der Waals surface area contributed by atoms with E-state index in [1.54, 1.807) is 0 Å². The van der Waals surface area contributed by atoms with Crippen LogP contribution in [0.5, 0.6) is 0 Å². The monoisotopic (exact) mass is 351 g/mol. The second-order valence-electron chi connectivity index (χ2n) is 4.25. The Balaban J connectivity index is 2.07. The van der Waals surface area contributed by atoms with Crippen LogP contribution in [0.1, 0.15) is 0 Å². The van der Waals surface area contributed by atoms with E-state index in [0.29, 0.717) is 0 Å². The van der Waals surface area contributed by atoms with Gasteiger partial charge in [-0.15, -0.1) is 11.8 Å². The number of nitrogens with one attached hydrogen (secondary N) is 1. The topological polar surface area (TPSA) is 177 Å². The van der Waals surface area contributed by atoms with Crippen molar-refractivity contribution in [3.63, 3.8) is 0 Å². The highest BCUT2D eigenvalue weighted by Crippen LogP contribution is 2.39. The first-order chi connectivity index (χ1) is 10.3. The number of aliphatic hydroxyl groups is 1. The molecule has 0 spiro atoms. The third-order valence-corrected chi connectivity index (χ3v) is 5.18. The molecule has 0 fully saturated rings. The number of hydrogen-bond donors (Lipinski definition) is 5. The van der Waals surface area contributed by atoms with E-state index in [1.807, 2.05) is 0 Å². The van der Waals surface area contributed by atoms with E-state index in [4.69, 9.17) is 20.4 Å². The van der Waals surface area contributed by atoms with Gasteiger partial charge in [-0.25, -0.2) is 4.98 Å². The summed E-state index contributed by atoms with van der Waals surface area (Å²) in [6, 6.07) is 0. The summed E-state index contributed by atoms with van der Waals surface area (Å²) in [5, 5.41) is 8.62. The second-order valence-corrected chi connectivity index (χ2v) is 7.62. The van der Waals surface area contributed by atoms with E-state index in [9.17, 15) is 14.5 Å². The zero-order chi connectivity index (χ0) is 16.3. The molecule has 0 saturated heterocycles. The Morgan fingerprint density at radius 1 is 1.55 bits per heavy atom. The average molecular weight is 351 g/mol. The van der Waals surface area contributed by atoms with E-state index in [2.05, 4.69) is 15.0 Å². The summed E-state index contributed by atoms with van der Waals surface area (Å²) in [6.07, 6.45) is 1.22. The van der Waals surface area contributed by atoms with Gasteiger partial charge in [-0.3, -0.25) is 14.3 Å². The van der Waals surface area contributed by atoms with Crippen LogP contribution >= 0.6 is 19.4 Å². The quantitative estimate of drug-likeness (QED) is 0.363. The van der Waals surface area contributed by atoms with Gasteiger partial charge in [0.15, 0.2) is 5.52 Å². The fourth-order valence-electron chi connectivity index (χ4n) is 1.52. The van der Waals surface area contributed by atoms with Crippen molar-refractivity contribution in [1.82, 2.24) is 19.7 Å². The first-order valence-electron chi connectivity index (χ1n) is 5.93. The molecule has 2 aromatic heterocycles. The predicted molar refractivity (Wildman–Crippen MR) is 79.4 cm³/mol. The van der Waals surface area contributed by atoms with Crippen LogP contribution in [0.2, 0.25) is 0 Å². The number of anilines is 1. The van der Waals surface area contributed by atoms with Crippen LogP contribution in [0.15, 0.2) is 11.1 Å². The number of nitrogens with zero attached hydrogens (tertiary/aromatic N) is 3. The molecule has 0 amide bonds. The smallest absolute Gasteiger partial charge is 0.335 e. The van der Waals surface area contributed by atoms with Gasteiger partial charge in [0.05, 0.1) is 17.4 Å². The Kier molecular flexibility index (Phi) is 5.08. The molecule has 0 aromatic carbocycles. The molecule has 6 N–H and O–H groups in total. The molecule has 122 valence electrons. The number of imidazole rings is 1. The number of nitrogens with two attached hydrogens (primary N) is 1. The number of H-pyrrole nitrogens is 1. The van der Waals surface area contributed by atoms with Crippen molar-refractivity contribution in [2.24, 2.45) is 0 Å². The minimum atomic E-state index is -4.17. The van der Waals surface area contributed by atoms with Crippen molar-refractivity contribution in [2.75, 3.05) is 24.4 Å². The Morgan fingerprint density at radius 2 is 2.27 bits per heavy atom. The Morgan fingerprint density at radius 3 is 2.91 bits per heavy atom. The molecule has 0 saturated carbocycles. The molecule has 22 heavy (non-hydrogen) atoms. The van der Waals surface area contributed by atoms with Crippen LogP contribution in [-0.2, 0) is 4.57 Å². The maximum Gasteiger partial charge on any atom is 0.335 e. The maximum absolute atomic E-state index is 11.6. The van der Waals surface area contributed by atoms with Crippen LogP contribution in [0, 0.1) is 0 Å². The van der Waals surface area contributed by atoms with E-state index in [-0.39, 0.29) is 30.3 Å². The van der Waals surface area contributed by atoms with Crippen molar-refractivity contribution in [2.45, 2.75) is 5.25 Å². The lowest BCUT2D eigenvalue weighted by molar-refractivity contribution is 0.106. The molecule has 0 radical (unpaired) electrons. The summed E-state index contributed by atoms with van der Waals surface area (Å²) >= 11 is 0.877. The average Bonchev–Trinajstić information content (AvgIpc) is 2.81. The lowest BCUT2D eigenvalue weighted by Crippen LogP contribution is -2.25. The van der Waals surface area contributed by atoms with Crippen molar-refractivity contribution in [1.29, 1.82) is 0 Å². The van der Waals surface area contributed by atoms with Gasteiger partial charge in [0, 0.05) is 0 Å². The molecule has 2 aromatic rings. The first kappa shape index (κ1) is 16.8. The molecule has 0 aliphatic carbocycles. The molecular weight excluding hydrogens is 337 g/mol. The normalized spacial score (nSPS) is 13.4. The Bertz CT molecular complexity index is 757. The van der Waals surface area contributed by atoms with Gasteiger partial charge in [-0.2, -0.15) is 9.71 Å². The molecular formula is C9H14N5O6PS. The van der Waals surface area contributed by atoms with Crippen LogP contribution < -0.4 is 16.1 Å². The number of thioether (sulfide) groups is 1. The van der Waals surface area contributed by atoms with E-state index >= 15 is 0 Å². The summed E-state index contributed by atoms with van der Waals surface area (Å²) in [7, 11) is -4.17. The predicted octanol–water partition coefficient (Wildman–Crippen LogP) is -1.64. The summed E-state index contributed by atoms with van der Waals surface area (Å²) in [5.41, 5.74) is 4.64. The summed E-state index contributed by atoms with van der Waals surface area (Å²) in [5.74, 6) is -0.0996. The van der Waals surface area contributed by atoms with Crippen molar-refractivity contribution < 1.29 is 24.3 Å². The highest BCUT2D eigenvalue weighted by Gasteiger charge is 2.19. The zero-order valence-electron chi connectivity index (χ0n) is 11.1. The zero-order valence-corrected chi connectivity index (χ0v) is 12.8. The van der Waals surface area contributed by atoms with Crippen LogP contribution in [0.25, 0.3) is 11.2 Å². The number of rotatable bonds is 7. The van der Waals surface area contributed by atoms with Gasteiger partial charge < -0.3 is 25.5 Å². The summed E-state index contributed by atoms with van der Waals surface area (Å²) in [4.78, 5) is 44.5. The first-order valence-corrected chi connectivity index (χ1v) is 8.78. The molecule has 0 unspecified atom stereocenters. The van der Waals surface area contributed by atoms with Crippen LogP contribution in [0.3, 0.4) is 0 Å². The summed E-state index contributed by atoms with van der Waals surface area (Å²) < 4.78 is 11.9. The highest BCUT2D eigenvalue weighted by molar-refractivity contribution is 8.04. The highest BCUT2D eigenvalue weighted by atomic mass is 32.2. The number of nitrogen functional groups attached to an aromatic ring is 1. The molecule has 2 heterocycles. The maximum atomic E-state index is 11.6. The van der Waals surface area contributed by atoms with Crippen molar-refractivity contribution in [3.8, 4) is 0 Å². The molecule has 0 bridgehead atoms. The SMILES string of the molecule is Nc1nc2c(ncn2OC[C@H](CO)SCP(=O)(O)O)c(=O)[nH]1. The largest absolute Gasteiger partial charge is 0.410 e. The molecule has 2 rings (SSSR count). The molecule has 1 atom stereocenters. The lowest BCUT2D eigenvalue weighted by Gasteiger charge is -2.15. The van der Waals surface area contributed by atoms with Crippen LogP contribution in [0.4, 0.5) is 5.95 Å². The van der Waals surface area contributed by atoms with Gasteiger partial charge in [-0.05, 0) is 0 Å². The minimum Gasteiger partial charge on any atom is -0.410 e. The molecule has 0 aliphatic rings. The van der Waals surface area contributed by atoms with E-state index in [1.165, 1.54) is 6.33 Å². The number of hydrogen-bond acceptors (Lipinski definition) is 8. The fraction of sp³-hybridized carbons (Fsp3) is 0.444. The second kappa shape index (κ2) is 6.67. The fourth-order valence-corrected chi connectivity index (χ4v) is 3.40.